The van der Waals surface area contributed by atoms with E-state index < -0.39 is 0 Å². The summed E-state index contributed by atoms with van der Waals surface area (Å²) in [5.41, 5.74) is 3.96. The van der Waals surface area contributed by atoms with Crippen LogP contribution in [0.1, 0.15) is 24.1 Å². The molecular weight excluding hydrogens is 238 g/mol. The Hall–Kier alpha value is -1.13. The zero-order valence-electron chi connectivity index (χ0n) is 11.7. The Balaban J connectivity index is 1.77. The largest absolute Gasteiger partial charge is 0.388 e. The molecule has 4 heteroatoms. The van der Waals surface area contributed by atoms with Gasteiger partial charge in [0.1, 0.15) is 0 Å². The van der Waals surface area contributed by atoms with E-state index in [4.69, 9.17) is 4.74 Å². The second kappa shape index (κ2) is 5.88. The smallest absolute Gasteiger partial charge is 0.0593 e. The number of fused-ring (bicyclic) bond motifs is 1. The van der Waals surface area contributed by atoms with Gasteiger partial charge in [-0.3, -0.25) is 9.88 Å². The molecule has 1 saturated heterocycles. The highest BCUT2D eigenvalue weighted by Gasteiger charge is 2.26. The Kier molecular flexibility index (Phi) is 3.99. The molecule has 1 aliphatic carbocycles. The molecule has 0 saturated carbocycles. The summed E-state index contributed by atoms with van der Waals surface area (Å²) in [5.74, 6) is 0. The predicted molar refractivity (Wildman–Crippen MR) is 76.6 cm³/mol. The number of hydrogen-bond donors (Lipinski definition) is 1. The molecule has 19 heavy (non-hydrogen) atoms. The molecule has 0 amide bonds. The number of rotatable bonds is 2. The van der Waals surface area contributed by atoms with Gasteiger partial charge in [0.05, 0.1) is 6.61 Å². The Morgan fingerprint density at radius 2 is 2.32 bits per heavy atom. The number of anilines is 1. The number of aromatic nitrogens is 1. The minimum Gasteiger partial charge on any atom is -0.388 e. The lowest BCUT2D eigenvalue weighted by molar-refractivity contribution is 0.128. The molecule has 0 bridgehead atoms. The van der Waals surface area contributed by atoms with Crippen LogP contribution in [0.3, 0.4) is 0 Å². The summed E-state index contributed by atoms with van der Waals surface area (Å²) >= 11 is 0. The summed E-state index contributed by atoms with van der Waals surface area (Å²) in [6, 6.07) is 2.75. The first-order chi connectivity index (χ1) is 9.38. The van der Waals surface area contributed by atoms with E-state index in [9.17, 15) is 0 Å². The minimum absolute atomic E-state index is 0.658. The number of hydrogen-bond acceptors (Lipinski definition) is 4. The highest BCUT2D eigenvalue weighted by atomic mass is 16.5. The lowest BCUT2D eigenvalue weighted by Gasteiger charge is -2.34. The van der Waals surface area contributed by atoms with Crippen LogP contribution in [0, 0.1) is 0 Å². The second-order valence-electron chi connectivity index (χ2n) is 5.43. The van der Waals surface area contributed by atoms with E-state index >= 15 is 0 Å². The fourth-order valence-corrected chi connectivity index (χ4v) is 3.30. The zero-order chi connectivity index (χ0) is 13.1. The molecule has 1 aromatic heterocycles. The average Bonchev–Trinajstić information content (AvgIpc) is 2.75. The molecule has 0 spiro atoms. The maximum atomic E-state index is 5.56. The van der Waals surface area contributed by atoms with E-state index in [-0.39, 0.29) is 0 Å². The van der Waals surface area contributed by atoms with Gasteiger partial charge in [-0.15, -0.1) is 0 Å². The first-order valence-electron chi connectivity index (χ1n) is 7.35. The average molecular weight is 261 g/mol. The fourth-order valence-electron chi connectivity index (χ4n) is 3.30. The molecule has 1 fully saturated rings. The Morgan fingerprint density at radius 1 is 1.37 bits per heavy atom. The van der Waals surface area contributed by atoms with Gasteiger partial charge in [-0.25, -0.2) is 0 Å². The van der Waals surface area contributed by atoms with Crippen molar-refractivity contribution in [3.05, 3.63) is 23.5 Å². The van der Waals surface area contributed by atoms with E-state index in [0.717, 1.165) is 39.0 Å². The number of nitrogens with one attached hydrogen (secondary N) is 1. The lowest BCUT2D eigenvalue weighted by atomic mass is 9.89. The molecular formula is C15H23N3O. The third-order valence-corrected chi connectivity index (χ3v) is 4.34. The summed E-state index contributed by atoms with van der Waals surface area (Å²) in [6.07, 6.45) is 6.54. The predicted octanol–water partition coefficient (Wildman–Crippen LogP) is 1.70. The number of ether oxygens (including phenoxy) is 1. The molecule has 1 aliphatic heterocycles. The highest BCUT2D eigenvalue weighted by molar-refractivity contribution is 5.53. The van der Waals surface area contributed by atoms with Gasteiger partial charge in [0, 0.05) is 50.4 Å². The summed E-state index contributed by atoms with van der Waals surface area (Å²) < 4.78 is 5.56. The van der Waals surface area contributed by atoms with Gasteiger partial charge in [-0.05, 0) is 37.3 Å². The van der Waals surface area contributed by atoms with Gasteiger partial charge >= 0.3 is 0 Å². The Bertz CT molecular complexity index is 413. The third-order valence-electron chi connectivity index (χ3n) is 4.34. The van der Waals surface area contributed by atoms with Crippen molar-refractivity contribution >= 4 is 5.69 Å². The van der Waals surface area contributed by atoms with Gasteiger partial charge < -0.3 is 10.1 Å². The molecule has 1 atom stereocenters. The molecule has 1 aromatic rings. The second-order valence-corrected chi connectivity index (χ2v) is 5.43. The topological polar surface area (TPSA) is 37.4 Å². The van der Waals surface area contributed by atoms with Gasteiger partial charge in [0.15, 0.2) is 0 Å². The minimum atomic E-state index is 0.658. The van der Waals surface area contributed by atoms with Crippen molar-refractivity contribution in [2.45, 2.75) is 31.7 Å². The van der Waals surface area contributed by atoms with Crippen LogP contribution in [0.2, 0.25) is 0 Å². The first kappa shape index (κ1) is 12.9. The maximum Gasteiger partial charge on any atom is 0.0593 e. The van der Waals surface area contributed by atoms with Crippen LogP contribution in [0.25, 0.3) is 0 Å². The number of pyridine rings is 1. The van der Waals surface area contributed by atoms with Crippen molar-refractivity contribution < 1.29 is 4.74 Å². The molecule has 104 valence electrons. The van der Waals surface area contributed by atoms with Gasteiger partial charge in [-0.1, -0.05) is 0 Å². The molecule has 3 rings (SSSR count). The molecule has 2 aliphatic rings. The van der Waals surface area contributed by atoms with Crippen LogP contribution in [0.15, 0.2) is 12.3 Å². The van der Waals surface area contributed by atoms with E-state index in [1.54, 1.807) is 0 Å². The van der Waals surface area contributed by atoms with E-state index in [1.165, 1.54) is 29.9 Å². The van der Waals surface area contributed by atoms with Crippen molar-refractivity contribution in [2.75, 3.05) is 38.7 Å². The van der Waals surface area contributed by atoms with Crippen LogP contribution in [0.4, 0.5) is 5.69 Å². The standard InChI is InChI=1S/C15H23N3O/c1-16-14-5-6-17-15-4-3-12(11-13(14)15)18-7-2-9-19-10-8-18/h5-6,12H,2-4,7-11H2,1H3,(H,16,17). The van der Waals surface area contributed by atoms with Crippen LogP contribution in [0.5, 0.6) is 0 Å². The lowest BCUT2D eigenvalue weighted by Crippen LogP contribution is -2.41. The number of aryl methyl sites for hydroxylation is 1. The monoisotopic (exact) mass is 261 g/mol. The van der Waals surface area contributed by atoms with Crippen molar-refractivity contribution in [3.8, 4) is 0 Å². The molecule has 0 aromatic carbocycles. The summed E-state index contributed by atoms with van der Waals surface area (Å²) in [6.45, 7) is 4.06. The Labute approximate surface area is 115 Å². The normalized spacial score (nSPS) is 24.6. The molecule has 1 unspecified atom stereocenters. The quantitative estimate of drug-likeness (QED) is 0.879. The zero-order valence-corrected chi connectivity index (χ0v) is 11.7. The van der Waals surface area contributed by atoms with Gasteiger partial charge in [0.2, 0.25) is 0 Å². The number of nitrogens with zero attached hydrogens (tertiary/aromatic N) is 2. The van der Waals surface area contributed by atoms with Crippen molar-refractivity contribution in [1.82, 2.24) is 9.88 Å². The fraction of sp³-hybridized carbons (Fsp3) is 0.667. The molecule has 0 radical (unpaired) electrons. The third kappa shape index (κ3) is 2.74. The summed E-state index contributed by atoms with van der Waals surface area (Å²) in [7, 11) is 2.00. The highest BCUT2D eigenvalue weighted by Crippen LogP contribution is 2.28. The first-order valence-corrected chi connectivity index (χ1v) is 7.35. The Morgan fingerprint density at radius 3 is 3.21 bits per heavy atom. The maximum absolute atomic E-state index is 5.56. The van der Waals surface area contributed by atoms with Crippen LogP contribution < -0.4 is 5.32 Å². The van der Waals surface area contributed by atoms with Crippen LogP contribution >= 0.6 is 0 Å². The molecule has 2 heterocycles. The van der Waals surface area contributed by atoms with Gasteiger partial charge in [-0.2, -0.15) is 0 Å². The summed E-state index contributed by atoms with van der Waals surface area (Å²) in [4.78, 5) is 7.16. The summed E-state index contributed by atoms with van der Waals surface area (Å²) in [5, 5.41) is 3.31. The van der Waals surface area contributed by atoms with Crippen molar-refractivity contribution in [1.29, 1.82) is 0 Å². The molecule has 1 N–H and O–H groups in total. The van der Waals surface area contributed by atoms with Crippen molar-refractivity contribution in [2.24, 2.45) is 0 Å². The van der Waals surface area contributed by atoms with Crippen LogP contribution in [-0.4, -0.2) is 49.3 Å². The van der Waals surface area contributed by atoms with E-state index in [1.807, 2.05) is 13.2 Å². The van der Waals surface area contributed by atoms with E-state index in [2.05, 4.69) is 21.3 Å². The SMILES string of the molecule is CNc1ccnc2c1CC(N1CCCOCC1)CC2. The van der Waals surface area contributed by atoms with Crippen LogP contribution in [-0.2, 0) is 17.6 Å². The van der Waals surface area contributed by atoms with Crippen molar-refractivity contribution in [3.63, 3.8) is 0 Å². The van der Waals surface area contributed by atoms with Gasteiger partial charge in [0.25, 0.3) is 0 Å². The molecule has 4 nitrogen and oxygen atoms in total. The van der Waals surface area contributed by atoms with E-state index in [0.29, 0.717) is 6.04 Å².